The van der Waals surface area contributed by atoms with Gasteiger partial charge in [-0.05, 0) is 24.6 Å². The van der Waals surface area contributed by atoms with Gasteiger partial charge < -0.3 is 18.1 Å². The number of hydrogen-bond acceptors (Lipinski definition) is 2. The SMILES string of the molecule is Cc1cccc(-n2cc(CN)cn2)c1.[Cl-]. The van der Waals surface area contributed by atoms with E-state index < -0.39 is 0 Å². The Morgan fingerprint density at radius 3 is 2.80 bits per heavy atom. The number of rotatable bonds is 2. The molecule has 0 aliphatic rings. The van der Waals surface area contributed by atoms with Crippen molar-refractivity contribution in [2.45, 2.75) is 13.5 Å². The highest BCUT2D eigenvalue weighted by atomic mass is 35.5. The molecule has 4 heteroatoms. The van der Waals surface area contributed by atoms with Crippen LogP contribution in [0.4, 0.5) is 0 Å². The smallest absolute Gasteiger partial charge is 0.0648 e. The van der Waals surface area contributed by atoms with E-state index in [9.17, 15) is 0 Å². The maximum Gasteiger partial charge on any atom is 0.0648 e. The maximum absolute atomic E-state index is 5.52. The Balaban J connectivity index is 0.00000112. The summed E-state index contributed by atoms with van der Waals surface area (Å²) < 4.78 is 1.84. The first-order valence-electron chi connectivity index (χ1n) is 4.60. The lowest BCUT2D eigenvalue weighted by molar-refractivity contribution is -0.00000306. The molecule has 0 bridgehead atoms. The van der Waals surface area contributed by atoms with Crippen LogP contribution < -0.4 is 18.1 Å². The predicted octanol–water partition coefficient (Wildman–Crippen LogP) is -1.36. The molecular weight excluding hydrogens is 210 g/mol. The standard InChI is InChI=1S/C11H13N3.ClH/c1-9-3-2-4-11(5-9)14-8-10(6-12)7-13-14;/h2-5,7-8H,6,12H2,1H3;1H/p-1. The molecule has 0 radical (unpaired) electrons. The van der Waals surface area contributed by atoms with Gasteiger partial charge in [-0.1, -0.05) is 12.1 Å². The fourth-order valence-corrected chi connectivity index (χ4v) is 1.38. The van der Waals surface area contributed by atoms with Gasteiger partial charge in [-0.15, -0.1) is 0 Å². The van der Waals surface area contributed by atoms with Gasteiger partial charge in [0.1, 0.15) is 0 Å². The molecule has 80 valence electrons. The third-order valence-corrected chi connectivity index (χ3v) is 2.14. The van der Waals surface area contributed by atoms with Crippen LogP contribution in [0.3, 0.4) is 0 Å². The van der Waals surface area contributed by atoms with Gasteiger partial charge >= 0.3 is 0 Å². The molecule has 0 fully saturated rings. The van der Waals surface area contributed by atoms with Crippen LogP contribution in [0, 0.1) is 6.92 Å². The molecule has 2 rings (SSSR count). The summed E-state index contributed by atoms with van der Waals surface area (Å²) in [6.07, 6.45) is 3.75. The normalized spacial score (nSPS) is 9.73. The lowest BCUT2D eigenvalue weighted by atomic mass is 10.2. The van der Waals surface area contributed by atoms with E-state index in [0.29, 0.717) is 6.54 Å². The topological polar surface area (TPSA) is 43.8 Å². The molecule has 0 aliphatic carbocycles. The summed E-state index contributed by atoms with van der Waals surface area (Å²) >= 11 is 0. The third kappa shape index (κ3) is 2.58. The van der Waals surface area contributed by atoms with E-state index >= 15 is 0 Å². The molecule has 1 heterocycles. The van der Waals surface area contributed by atoms with Gasteiger partial charge in [-0.3, -0.25) is 0 Å². The summed E-state index contributed by atoms with van der Waals surface area (Å²) in [6, 6.07) is 8.21. The molecular formula is C11H13ClN3-. The highest BCUT2D eigenvalue weighted by Gasteiger charge is 1.98. The largest absolute Gasteiger partial charge is 1.00 e. The van der Waals surface area contributed by atoms with Crippen LogP contribution in [0.1, 0.15) is 11.1 Å². The highest BCUT2D eigenvalue weighted by Crippen LogP contribution is 2.09. The molecule has 2 aromatic rings. The second-order valence-electron chi connectivity index (χ2n) is 3.34. The Hall–Kier alpha value is -1.32. The minimum absolute atomic E-state index is 0. The van der Waals surface area contributed by atoms with Crippen molar-refractivity contribution in [3.63, 3.8) is 0 Å². The number of aromatic nitrogens is 2. The Labute approximate surface area is 95.3 Å². The van der Waals surface area contributed by atoms with Gasteiger partial charge in [0.15, 0.2) is 0 Å². The van der Waals surface area contributed by atoms with Crippen LogP contribution >= 0.6 is 0 Å². The number of nitrogens with two attached hydrogens (primary N) is 1. The number of hydrogen-bond donors (Lipinski definition) is 1. The minimum atomic E-state index is 0. The maximum atomic E-state index is 5.52. The first-order valence-corrected chi connectivity index (χ1v) is 4.60. The number of halogens is 1. The van der Waals surface area contributed by atoms with Gasteiger partial charge in [0.25, 0.3) is 0 Å². The van der Waals surface area contributed by atoms with E-state index in [1.165, 1.54) is 5.56 Å². The molecule has 2 N–H and O–H groups in total. The highest BCUT2D eigenvalue weighted by molar-refractivity contribution is 5.34. The van der Waals surface area contributed by atoms with Crippen LogP contribution in [0.5, 0.6) is 0 Å². The quantitative estimate of drug-likeness (QED) is 0.683. The van der Waals surface area contributed by atoms with Crippen molar-refractivity contribution in [2.24, 2.45) is 5.73 Å². The molecule has 1 aromatic carbocycles. The number of nitrogens with zero attached hydrogens (tertiary/aromatic N) is 2. The fourth-order valence-electron chi connectivity index (χ4n) is 1.38. The molecule has 0 unspecified atom stereocenters. The van der Waals surface area contributed by atoms with Gasteiger partial charge in [0, 0.05) is 18.3 Å². The summed E-state index contributed by atoms with van der Waals surface area (Å²) in [5.41, 5.74) is 8.87. The first-order chi connectivity index (χ1) is 6.79. The monoisotopic (exact) mass is 222 g/mol. The molecule has 15 heavy (non-hydrogen) atoms. The van der Waals surface area contributed by atoms with E-state index in [0.717, 1.165) is 11.3 Å². The summed E-state index contributed by atoms with van der Waals surface area (Å²) in [7, 11) is 0. The Kier molecular flexibility index (Phi) is 3.88. The average Bonchev–Trinajstić information content (AvgIpc) is 2.66. The van der Waals surface area contributed by atoms with Crippen LogP contribution in [-0.2, 0) is 6.54 Å². The van der Waals surface area contributed by atoms with E-state index in [-0.39, 0.29) is 12.4 Å². The van der Waals surface area contributed by atoms with E-state index in [2.05, 4.69) is 24.2 Å². The van der Waals surface area contributed by atoms with Crippen LogP contribution in [-0.4, -0.2) is 9.78 Å². The van der Waals surface area contributed by atoms with E-state index in [1.807, 2.05) is 23.0 Å². The molecule has 1 aromatic heterocycles. The zero-order chi connectivity index (χ0) is 9.97. The molecule has 0 saturated carbocycles. The van der Waals surface area contributed by atoms with Gasteiger partial charge in [0.2, 0.25) is 0 Å². The number of benzene rings is 1. The predicted molar refractivity (Wildman–Crippen MR) is 56.2 cm³/mol. The molecule has 0 aliphatic heterocycles. The summed E-state index contributed by atoms with van der Waals surface area (Å²) in [6.45, 7) is 2.60. The summed E-state index contributed by atoms with van der Waals surface area (Å²) in [5.74, 6) is 0. The van der Waals surface area contributed by atoms with Crippen molar-refractivity contribution < 1.29 is 12.4 Å². The number of aryl methyl sites for hydroxylation is 1. The van der Waals surface area contributed by atoms with Crippen molar-refractivity contribution in [1.82, 2.24) is 9.78 Å². The van der Waals surface area contributed by atoms with Crippen LogP contribution in [0.25, 0.3) is 5.69 Å². The van der Waals surface area contributed by atoms with Gasteiger partial charge in [-0.2, -0.15) is 5.10 Å². The lowest BCUT2D eigenvalue weighted by Crippen LogP contribution is -3.00. The second kappa shape index (κ2) is 4.96. The first kappa shape index (κ1) is 11.8. The Morgan fingerprint density at radius 2 is 2.20 bits per heavy atom. The van der Waals surface area contributed by atoms with Crippen molar-refractivity contribution >= 4 is 0 Å². The third-order valence-electron chi connectivity index (χ3n) is 2.14. The van der Waals surface area contributed by atoms with Crippen molar-refractivity contribution in [3.05, 3.63) is 47.8 Å². The minimum Gasteiger partial charge on any atom is -1.00 e. The molecule has 3 nitrogen and oxygen atoms in total. The molecule has 0 spiro atoms. The second-order valence-corrected chi connectivity index (χ2v) is 3.34. The van der Waals surface area contributed by atoms with Crippen LogP contribution in [0.15, 0.2) is 36.7 Å². The van der Waals surface area contributed by atoms with E-state index in [1.54, 1.807) is 6.20 Å². The van der Waals surface area contributed by atoms with E-state index in [4.69, 9.17) is 5.73 Å². The Bertz CT molecular complexity index is 437. The summed E-state index contributed by atoms with van der Waals surface area (Å²) in [5, 5.41) is 4.24. The molecule has 0 amide bonds. The average molecular weight is 223 g/mol. The Morgan fingerprint density at radius 1 is 1.40 bits per heavy atom. The lowest BCUT2D eigenvalue weighted by Gasteiger charge is -2.01. The van der Waals surface area contributed by atoms with Crippen molar-refractivity contribution in [1.29, 1.82) is 0 Å². The zero-order valence-electron chi connectivity index (χ0n) is 8.52. The zero-order valence-corrected chi connectivity index (χ0v) is 9.28. The van der Waals surface area contributed by atoms with Crippen LogP contribution in [0.2, 0.25) is 0 Å². The fraction of sp³-hybridized carbons (Fsp3) is 0.182. The molecule has 0 atom stereocenters. The van der Waals surface area contributed by atoms with Gasteiger partial charge in [0.05, 0.1) is 11.9 Å². The van der Waals surface area contributed by atoms with Gasteiger partial charge in [-0.25, -0.2) is 4.68 Å². The van der Waals surface area contributed by atoms with Crippen molar-refractivity contribution in [3.8, 4) is 5.69 Å². The molecule has 0 saturated heterocycles. The van der Waals surface area contributed by atoms with Crippen molar-refractivity contribution in [2.75, 3.05) is 0 Å². The summed E-state index contributed by atoms with van der Waals surface area (Å²) in [4.78, 5) is 0.